The molecule has 1 saturated heterocycles. The van der Waals surface area contributed by atoms with Gasteiger partial charge in [0.1, 0.15) is 17.1 Å². The molecule has 0 bridgehead atoms. The summed E-state index contributed by atoms with van der Waals surface area (Å²) in [5.74, 6) is -0.0813. The van der Waals surface area contributed by atoms with E-state index in [1.54, 1.807) is 6.07 Å². The van der Waals surface area contributed by atoms with E-state index in [9.17, 15) is 8.42 Å². The molecular weight excluding hydrogens is 414 g/mol. The molecule has 156 valence electrons. The highest BCUT2D eigenvalue weighted by Crippen LogP contribution is 2.44. The SMILES string of the molecule is O=S(=O)(Cc1ncns1)c1ccc2c(c1)CC[C@@H]2N1CCCC[C@@H]1c1ccccc1. The van der Waals surface area contributed by atoms with Gasteiger partial charge in [-0.2, -0.15) is 4.37 Å². The third-order valence-corrected chi connectivity index (χ3v) is 8.84. The second-order valence-electron chi connectivity index (χ2n) is 8.17. The zero-order valence-corrected chi connectivity index (χ0v) is 18.4. The molecule has 1 aromatic heterocycles. The van der Waals surface area contributed by atoms with Gasteiger partial charge in [0.2, 0.25) is 0 Å². The third-order valence-electron chi connectivity index (χ3n) is 6.37. The average Bonchev–Trinajstić information content (AvgIpc) is 3.43. The second kappa shape index (κ2) is 8.21. The van der Waals surface area contributed by atoms with Gasteiger partial charge in [0.25, 0.3) is 0 Å². The van der Waals surface area contributed by atoms with Crippen LogP contribution in [0.3, 0.4) is 0 Å². The summed E-state index contributed by atoms with van der Waals surface area (Å²) in [6.07, 6.45) is 7.06. The van der Waals surface area contributed by atoms with Crippen LogP contribution in [0.4, 0.5) is 0 Å². The number of benzene rings is 2. The van der Waals surface area contributed by atoms with Gasteiger partial charge in [-0.15, -0.1) is 0 Å². The van der Waals surface area contributed by atoms with Crippen molar-refractivity contribution in [1.29, 1.82) is 0 Å². The molecule has 2 aromatic carbocycles. The van der Waals surface area contributed by atoms with Gasteiger partial charge < -0.3 is 0 Å². The quantitative estimate of drug-likeness (QED) is 0.575. The summed E-state index contributed by atoms with van der Waals surface area (Å²) < 4.78 is 29.6. The van der Waals surface area contributed by atoms with Gasteiger partial charge in [-0.3, -0.25) is 4.90 Å². The molecule has 5 nitrogen and oxygen atoms in total. The number of hydrogen-bond acceptors (Lipinski definition) is 6. The predicted molar refractivity (Wildman–Crippen MR) is 118 cm³/mol. The maximum Gasteiger partial charge on any atom is 0.184 e. The summed E-state index contributed by atoms with van der Waals surface area (Å²) in [5.41, 5.74) is 3.87. The van der Waals surface area contributed by atoms with E-state index in [1.165, 1.54) is 42.3 Å². The Hall–Kier alpha value is -2.09. The van der Waals surface area contributed by atoms with Crippen LogP contribution in [0.1, 0.15) is 59.5 Å². The van der Waals surface area contributed by atoms with E-state index in [2.05, 4.69) is 50.7 Å². The monoisotopic (exact) mass is 439 g/mol. The molecule has 2 atom stereocenters. The molecule has 1 fully saturated rings. The Morgan fingerprint density at radius 3 is 2.70 bits per heavy atom. The van der Waals surface area contributed by atoms with Gasteiger partial charge in [0.05, 0.1) is 4.90 Å². The lowest BCUT2D eigenvalue weighted by atomic mass is 9.92. The van der Waals surface area contributed by atoms with Crippen molar-refractivity contribution in [2.45, 2.75) is 54.8 Å². The molecule has 30 heavy (non-hydrogen) atoms. The van der Waals surface area contributed by atoms with Crippen LogP contribution < -0.4 is 0 Å². The molecule has 0 amide bonds. The van der Waals surface area contributed by atoms with Gasteiger partial charge in [0, 0.05) is 12.1 Å². The third kappa shape index (κ3) is 3.82. The summed E-state index contributed by atoms with van der Waals surface area (Å²) in [5, 5.41) is 0.535. The van der Waals surface area contributed by atoms with Crippen molar-refractivity contribution in [2.24, 2.45) is 0 Å². The van der Waals surface area contributed by atoms with Crippen LogP contribution in [0.25, 0.3) is 0 Å². The van der Waals surface area contributed by atoms with E-state index in [0.29, 0.717) is 22.0 Å². The van der Waals surface area contributed by atoms with Crippen LogP contribution in [0.5, 0.6) is 0 Å². The molecule has 0 radical (unpaired) electrons. The predicted octanol–water partition coefficient (Wildman–Crippen LogP) is 4.73. The maximum absolute atomic E-state index is 12.8. The van der Waals surface area contributed by atoms with Crippen molar-refractivity contribution < 1.29 is 8.42 Å². The molecule has 7 heteroatoms. The van der Waals surface area contributed by atoms with Crippen molar-refractivity contribution in [2.75, 3.05) is 6.54 Å². The molecule has 2 aliphatic rings. The minimum absolute atomic E-state index is 0.0813. The summed E-state index contributed by atoms with van der Waals surface area (Å²) in [6.45, 7) is 1.10. The van der Waals surface area contributed by atoms with Crippen molar-refractivity contribution in [1.82, 2.24) is 14.3 Å². The lowest BCUT2D eigenvalue weighted by Crippen LogP contribution is -2.35. The maximum atomic E-state index is 12.8. The number of nitrogens with zero attached hydrogens (tertiary/aromatic N) is 3. The molecule has 3 aromatic rings. The molecule has 1 aliphatic heterocycles. The molecule has 1 aliphatic carbocycles. The topological polar surface area (TPSA) is 63.2 Å². The summed E-state index contributed by atoms with van der Waals surface area (Å²) in [4.78, 5) is 7.08. The first-order valence-corrected chi connectivity index (χ1v) is 13.0. The second-order valence-corrected chi connectivity index (χ2v) is 11.0. The van der Waals surface area contributed by atoms with Crippen molar-refractivity contribution in [3.8, 4) is 0 Å². The fourth-order valence-electron chi connectivity index (χ4n) is 4.97. The highest BCUT2D eigenvalue weighted by molar-refractivity contribution is 7.90. The highest BCUT2D eigenvalue weighted by atomic mass is 32.2. The zero-order chi connectivity index (χ0) is 20.6. The van der Waals surface area contributed by atoms with Crippen LogP contribution in [-0.4, -0.2) is 29.2 Å². The van der Waals surface area contributed by atoms with E-state index >= 15 is 0 Å². The van der Waals surface area contributed by atoms with Crippen LogP contribution in [0, 0.1) is 0 Å². The molecule has 0 unspecified atom stereocenters. The summed E-state index contributed by atoms with van der Waals surface area (Å²) in [6, 6.07) is 17.3. The van der Waals surface area contributed by atoms with Crippen LogP contribution >= 0.6 is 11.5 Å². The molecule has 0 N–H and O–H groups in total. The molecule has 2 heterocycles. The number of aromatic nitrogens is 2. The Balaban J connectivity index is 1.42. The first-order valence-electron chi connectivity index (χ1n) is 10.5. The lowest BCUT2D eigenvalue weighted by molar-refractivity contribution is 0.0942. The summed E-state index contributed by atoms with van der Waals surface area (Å²) >= 11 is 1.14. The first-order chi connectivity index (χ1) is 14.6. The van der Waals surface area contributed by atoms with Crippen molar-refractivity contribution >= 4 is 21.4 Å². The van der Waals surface area contributed by atoms with Crippen LogP contribution in [0.2, 0.25) is 0 Å². The minimum Gasteiger partial charge on any atom is -0.289 e. The Morgan fingerprint density at radius 1 is 1.03 bits per heavy atom. The molecule has 0 saturated carbocycles. The van der Waals surface area contributed by atoms with Crippen LogP contribution in [-0.2, 0) is 22.0 Å². The van der Waals surface area contributed by atoms with E-state index < -0.39 is 9.84 Å². The highest BCUT2D eigenvalue weighted by Gasteiger charge is 2.35. The van der Waals surface area contributed by atoms with Crippen LogP contribution in [0.15, 0.2) is 59.8 Å². The number of hydrogen-bond donors (Lipinski definition) is 0. The van der Waals surface area contributed by atoms with E-state index in [4.69, 9.17) is 0 Å². The van der Waals surface area contributed by atoms with Crippen molar-refractivity contribution in [3.63, 3.8) is 0 Å². The van der Waals surface area contributed by atoms with Gasteiger partial charge in [-0.25, -0.2) is 13.4 Å². The Morgan fingerprint density at radius 2 is 1.90 bits per heavy atom. The number of aryl methyl sites for hydroxylation is 1. The zero-order valence-electron chi connectivity index (χ0n) is 16.8. The van der Waals surface area contributed by atoms with Gasteiger partial charge in [0.15, 0.2) is 9.84 Å². The number of piperidine rings is 1. The average molecular weight is 440 g/mol. The van der Waals surface area contributed by atoms with E-state index in [0.717, 1.165) is 30.9 Å². The molecular formula is C23H25N3O2S2. The lowest BCUT2D eigenvalue weighted by Gasteiger charge is -2.40. The number of rotatable bonds is 5. The fraction of sp³-hybridized carbons (Fsp3) is 0.391. The molecule has 5 rings (SSSR count). The normalized spacial score (nSPS) is 22.1. The van der Waals surface area contributed by atoms with E-state index in [1.807, 2.05) is 6.07 Å². The molecule has 0 spiro atoms. The smallest absolute Gasteiger partial charge is 0.184 e. The van der Waals surface area contributed by atoms with E-state index in [-0.39, 0.29) is 5.75 Å². The van der Waals surface area contributed by atoms with Gasteiger partial charge >= 0.3 is 0 Å². The Labute approximate surface area is 181 Å². The Bertz CT molecular complexity index is 1110. The summed E-state index contributed by atoms with van der Waals surface area (Å²) in [7, 11) is -3.41. The van der Waals surface area contributed by atoms with Gasteiger partial charge in [-0.05, 0) is 72.6 Å². The van der Waals surface area contributed by atoms with Gasteiger partial charge in [-0.1, -0.05) is 42.8 Å². The standard InChI is InChI=1S/C23H25N3O2S2/c27-30(28,15-23-24-16-25-29-23)19-10-11-20-18(14-19)9-12-22(20)26-13-5-4-8-21(26)17-6-2-1-3-7-17/h1-3,6-7,10-11,14,16,21-22H,4-5,8-9,12-13,15H2/t21-,22+/m1/s1. The first kappa shape index (κ1) is 19.8. The number of sulfone groups is 1. The van der Waals surface area contributed by atoms with Crippen molar-refractivity contribution in [3.05, 3.63) is 76.6 Å². The largest absolute Gasteiger partial charge is 0.289 e. The Kier molecular flexibility index (Phi) is 5.43. The fourth-order valence-corrected chi connectivity index (χ4v) is 7.12. The minimum atomic E-state index is -3.41. The number of fused-ring (bicyclic) bond motifs is 1. The number of likely N-dealkylation sites (tertiary alicyclic amines) is 1.